The Balaban J connectivity index is 1.52. The zero-order chi connectivity index (χ0) is 24.9. The van der Waals surface area contributed by atoms with Crippen LogP contribution in [0.25, 0.3) is 0 Å². The van der Waals surface area contributed by atoms with Gasteiger partial charge >= 0.3 is 0 Å². The van der Waals surface area contributed by atoms with Crippen molar-refractivity contribution < 1.29 is 18.9 Å². The van der Waals surface area contributed by atoms with Crippen LogP contribution in [0.5, 0.6) is 0 Å². The number of aryl methyl sites for hydroxylation is 1. The molecule has 9 heteroatoms. The van der Waals surface area contributed by atoms with Gasteiger partial charge in [-0.05, 0) is 48.4 Å². The topological polar surface area (TPSA) is 95.8 Å². The number of halogens is 1. The minimum atomic E-state index is -0.694. The zero-order valence-electron chi connectivity index (χ0n) is 19.2. The number of anilines is 1. The van der Waals surface area contributed by atoms with Crippen molar-refractivity contribution in [3.05, 3.63) is 105 Å². The fraction of sp³-hybridized carbons (Fsp3) is 0.231. The van der Waals surface area contributed by atoms with Crippen molar-refractivity contribution in [1.29, 1.82) is 0 Å². The first-order valence-corrected chi connectivity index (χ1v) is 11.2. The second kappa shape index (κ2) is 10.4. The highest BCUT2D eigenvalue weighted by atomic mass is 19.1. The van der Waals surface area contributed by atoms with E-state index in [1.54, 1.807) is 17.9 Å². The van der Waals surface area contributed by atoms with E-state index in [-0.39, 0.29) is 23.2 Å². The highest BCUT2D eigenvalue weighted by molar-refractivity contribution is 5.97. The predicted octanol–water partition coefficient (Wildman–Crippen LogP) is 4.18. The number of nitro benzene ring substituents is 1. The van der Waals surface area contributed by atoms with Gasteiger partial charge in [-0.1, -0.05) is 36.4 Å². The van der Waals surface area contributed by atoms with Crippen molar-refractivity contribution in [2.24, 2.45) is 0 Å². The van der Waals surface area contributed by atoms with Crippen LogP contribution in [0.15, 0.2) is 72.8 Å². The van der Waals surface area contributed by atoms with Crippen molar-refractivity contribution in [3.8, 4) is 0 Å². The second-order valence-electron chi connectivity index (χ2n) is 8.42. The first-order valence-electron chi connectivity index (χ1n) is 11.2. The molecule has 4 rings (SSSR count). The van der Waals surface area contributed by atoms with E-state index >= 15 is 0 Å². The Hall–Kier alpha value is -4.11. The maximum atomic E-state index is 13.4. The molecule has 0 spiro atoms. The molecule has 2 amide bonds. The van der Waals surface area contributed by atoms with Crippen molar-refractivity contribution in [2.45, 2.75) is 13.0 Å². The number of nitro groups is 1. The number of nitrogens with zero attached hydrogens (tertiary/aromatic N) is 3. The van der Waals surface area contributed by atoms with E-state index in [4.69, 9.17) is 0 Å². The van der Waals surface area contributed by atoms with Crippen molar-refractivity contribution in [1.82, 2.24) is 9.80 Å². The van der Waals surface area contributed by atoms with Gasteiger partial charge in [-0.3, -0.25) is 24.6 Å². The van der Waals surface area contributed by atoms with E-state index in [2.05, 4.69) is 5.32 Å². The standard InChI is InChI=1S/C26H25FN4O4/c1-18-7-12-22(23(17-18)31(34)35)28-25(32)24(19-5-3-2-4-6-19)29-13-15-30(16-14-29)26(33)20-8-10-21(27)11-9-20/h2-12,17,24H,13-16H2,1H3,(H,28,32). The Morgan fingerprint density at radius 3 is 2.26 bits per heavy atom. The molecule has 1 aliphatic rings. The minimum Gasteiger partial charge on any atom is -0.336 e. The van der Waals surface area contributed by atoms with Gasteiger partial charge in [0.1, 0.15) is 17.5 Å². The van der Waals surface area contributed by atoms with Gasteiger partial charge in [-0.25, -0.2) is 4.39 Å². The molecule has 1 fully saturated rings. The average Bonchev–Trinajstić information content (AvgIpc) is 2.86. The van der Waals surface area contributed by atoms with Crippen molar-refractivity contribution in [2.75, 3.05) is 31.5 Å². The third kappa shape index (κ3) is 5.52. The van der Waals surface area contributed by atoms with Gasteiger partial charge < -0.3 is 10.2 Å². The zero-order valence-corrected chi connectivity index (χ0v) is 19.2. The Morgan fingerprint density at radius 1 is 0.971 bits per heavy atom. The van der Waals surface area contributed by atoms with Crippen molar-refractivity contribution in [3.63, 3.8) is 0 Å². The lowest BCUT2D eigenvalue weighted by Crippen LogP contribution is -2.51. The number of carbonyl (C=O) groups excluding carboxylic acids is 2. The molecule has 8 nitrogen and oxygen atoms in total. The maximum Gasteiger partial charge on any atom is 0.293 e. The Morgan fingerprint density at radius 2 is 1.63 bits per heavy atom. The SMILES string of the molecule is Cc1ccc(NC(=O)C(c2ccccc2)N2CCN(C(=O)c3ccc(F)cc3)CC2)c([N+](=O)[O-])c1. The number of rotatable bonds is 6. The molecule has 1 N–H and O–H groups in total. The van der Waals surface area contributed by atoms with Crippen LogP contribution in [-0.4, -0.2) is 52.7 Å². The molecule has 0 radical (unpaired) electrons. The lowest BCUT2D eigenvalue weighted by Gasteiger charge is -2.38. The molecule has 0 aromatic heterocycles. The van der Waals surface area contributed by atoms with Gasteiger partial charge in [0.15, 0.2) is 0 Å². The maximum absolute atomic E-state index is 13.4. The molecule has 0 aliphatic carbocycles. The van der Waals surface area contributed by atoms with Gasteiger partial charge in [0.2, 0.25) is 5.91 Å². The fourth-order valence-corrected chi connectivity index (χ4v) is 4.22. The molecular formula is C26H25FN4O4. The molecule has 1 saturated heterocycles. The molecular weight excluding hydrogens is 451 g/mol. The summed E-state index contributed by atoms with van der Waals surface area (Å²) in [7, 11) is 0. The summed E-state index contributed by atoms with van der Waals surface area (Å²) in [5.41, 5.74) is 1.84. The number of amides is 2. The van der Waals surface area contributed by atoms with Crippen molar-refractivity contribution >= 4 is 23.2 Å². The number of carbonyl (C=O) groups is 2. The fourth-order valence-electron chi connectivity index (χ4n) is 4.22. The molecule has 0 saturated carbocycles. The van der Waals surface area contributed by atoms with E-state index in [1.165, 1.54) is 36.4 Å². The van der Waals surface area contributed by atoms with Crippen LogP contribution < -0.4 is 5.32 Å². The second-order valence-corrected chi connectivity index (χ2v) is 8.42. The highest BCUT2D eigenvalue weighted by Crippen LogP contribution is 2.29. The Kier molecular flexibility index (Phi) is 7.17. The van der Waals surface area contributed by atoms with E-state index in [0.717, 1.165) is 11.1 Å². The van der Waals surface area contributed by atoms with Gasteiger partial charge in [0, 0.05) is 37.8 Å². The predicted molar refractivity (Wildman–Crippen MR) is 130 cm³/mol. The molecule has 1 atom stereocenters. The summed E-state index contributed by atoms with van der Waals surface area (Å²) in [6.07, 6.45) is 0. The molecule has 1 aliphatic heterocycles. The molecule has 180 valence electrons. The van der Waals surface area contributed by atoms with E-state index < -0.39 is 16.8 Å². The van der Waals surface area contributed by atoms with Crippen LogP contribution in [0.2, 0.25) is 0 Å². The average molecular weight is 477 g/mol. The van der Waals surface area contributed by atoms with Gasteiger partial charge in [-0.2, -0.15) is 0 Å². The molecule has 1 heterocycles. The van der Waals surface area contributed by atoms with E-state index in [1.807, 2.05) is 35.2 Å². The largest absolute Gasteiger partial charge is 0.336 e. The number of hydrogen-bond donors (Lipinski definition) is 1. The van der Waals surface area contributed by atoms with Crippen LogP contribution in [0.1, 0.15) is 27.5 Å². The van der Waals surface area contributed by atoms with Gasteiger partial charge in [0.25, 0.3) is 11.6 Å². The Bertz CT molecular complexity index is 1230. The monoisotopic (exact) mass is 476 g/mol. The summed E-state index contributed by atoms with van der Waals surface area (Å²) in [6, 6.07) is 18.6. The van der Waals surface area contributed by atoms with Crippen LogP contribution in [0.3, 0.4) is 0 Å². The molecule has 0 bridgehead atoms. The third-order valence-electron chi connectivity index (χ3n) is 6.03. The van der Waals surface area contributed by atoms with Gasteiger partial charge in [-0.15, -0.1) is 0 Å². The van der Waals surface area contributed by atoms with E-state index in [0.29, 0.717) is 31.7 Å². The number of piperazine rings is 1. The van der Waals surface area contributed by atoms with Crippen LogP contribution in [0.4, 0.5) is 15.8 Å². The lowest BCUT2D eigenvalue weighted by molar-refractivity contribution is -0.384. The number of hydrogen-bond acceptors (Lipinski definition) is 5. The number of benzene rings is 3. The quantitative estimate of drug-likeness (QED) is 0.425. The smallest absolute Gasteiger partial charge is 0.293 e. The first-order chi connectivity index (χ1) is 16.8. The summed E-state index contributed by atoms with van der Waals surface area (Å²) in [4.78, 5) is 40.9. The first kappa shape index (κ1) is 24.0. The van der Waals surface area contributed by atoms with E-state index in [9.17, 15) is 24.1 Å². The number of nitrogens with one attached hydrogen (secondary N) is 1. The normalized spacial score (nSPS) is 14.9. The Labute approximate surface area is 202 Å². The van der Waals surface area contributed by atoms with Crippen LogP contribution in [0, 0.1) is 22.9 Å². The lowest BCUT2D eigenvalue weighted by atomic mass is 10.0. The summed E-state index contributed by atoms with van der Waals surface area (Å²) in [6.45, 7) is 3.37. The molecule has 3 aromatic carbocycles. The molecule has 35 heavy (non-hydrogen) atoms. The summed E-state index contributed by atoms with van der Waals surface area (Å²) >= 11 is 0. The highest BCUT2D eigenvalue weighted by Gasteiger charge is 2.33. The van der Waals surface area contributed by atoms with Crippen LogP contribution >= 0.6 is 0 Å². The minimum absolute atomic E-state index is 0.136. The summed E-state index contributed by atoms with van der Waals surface area (Å²) in [5.74, 6) is -0.987. The van der Waals surface area contributed by atoms with Gasteiger partial charge in [0.05, 0.1) is 4.92 Å². The molecule has 3 aromatic rings. The third-order valence-corrected chi connectivity index (χ3v) is 6.03. The summed E-state index contributed by atoms with van der Waals surface area (Å²) < 4.78 is 13.2. The van der Waals surface area contributed by atoms with Crippen LogP contribution in [-0.2, 0) is 4.79 Å². The summed E-state index contributed by atoms with van der Waals surface area (Å²) in [5, 5.41) is 14.3. The molecule has 1 unspecified atom stereocenters.